The Morgan fingerprint density at radius 2 is 1.75 bits per heavy atom. The smallest absolute Gasteiger partial charge is 0.330 e. The fourth-order valence-corrected chi connectivity index (χ4v) is 8.29. The summed E-state index contributed by atoms with van der Waals surface area (Å²) in [6, 6.07) is 14.5. The molecule has 2 saturated carbocycles. The molecule has 4 N–H and O–H groups in total. The monoisotopic (exact) mass is 768 g/mol. The zero-order valence-corrected chi connectivity index (χ0v) is 32.5. The van der Waals surface area contributed by atoms with Crippen LogP contribution >= 0.6 is 0 Å². The lowest BCUT2D eigenvalue weighted by molar-refractivity contribution is -0.148. The number of fused-ring (bicyclic) bond motifs is 1. The molecule has 6 rings (SSSR count). The maximum absolute atomic E-state index is 14.8. The molecule has 3 fully saturated rings. The topological polar surface area (TPSA) is 184 Å². The number of rotatable bonds is 14. The predicted molar refractivity (Wildman–Crippen MR) is 209 cm³/mol. The highest BCUT2D eigenvalue weighted by Crippen LogP contribution is 2.45. The summed E-state index contributed by atoms with van der Waals surface area (Å²) >= 11 is 0. The summed E-state index contributed by atoms with van der Waals surface area (Å²) in [5.74, 6) is -4.36. The molecule has 13 nitrogen and oxygen atoms in total. The molecule has 6 atom stereocenters. The molecule has 13 heteroatoms. The number of carbonyl (C=O) groups is 5. The van der Waals surface area contributed by atoms with Crippen molar-refractivity contribution in [2.75, 3.05) is 13.7 Å². The standard InChI is InChI=1S/C43H52N4O9/c1-6-27-23-43(27,41(53)54)46-39(51)34-20-29(56-35-22-32(26-15-11-8-12-16-26)44-33-19-28(55-5)17-18-30(33)35)24-47(34)40(52)37(42(2,3)4)45-38(50)31(21-36(48)49)25-13-9-7-10-14-25/h6,8,11-12,15-19,22,25,27,29,31,34,37H,1,7,9-10,13-14,20-21,23-24H2,2-5H3,(H,45,50)(H,46,51)(H,48,49)(H,53,54)/t27-,29+,31-,34-,37+,43?/m0/s1. The zero-order chi connectivity index (χ0) is 40.4. The predicted octanol–water partition coefficient (Wildman–Crippen LogP) is 5.61. The van der Waals surface area contributed by atoms with Gasteiger partial charge in [0, 0.05) is 35.4 Å². The highest BCUT2D eigenvalue weighted by molar-refractivity contribution is 5.97. The van der Waals surface area contributed by atoms with Gasteiger partial charge in [-0.1, -0.05) is 76.4 Å². The Labute approximate surface area is 326 Å². The Balaban J connectivity index is 1.34. The lowest BCUT2D eigenvalue weighted by Crippen LogP contribution is -2.60. The van der Waals surface area contributed by atoms with E-state index in [4.69, 9.17) is 14.5 Å². The van der Waals surface area contributed by atoms with Crippen molar-refractivity contribution in [2.24, 2.45) is 23.2 Å². The molecule has 2 aliphatic carbocycles. The van der Waals surface area contributed by atoms with Gasteiger partial charge in [-0.15, -0.1) is 6.58 Å². The molecule has 0 radical (unpaired) electrons. The zero-order valence-electron chi connectivity index (χ0n) is 32.5. The minimum atomic E-state index is -1.54. The second kappa shape index (κ2) is 16.3. The van der Waals surface area contributed by atoms with E-state index in [1.807, 2.05) is 42.5 Å². The molecule has 3 amide bonds. The number of methoxy groups -OCH3 is 1. The van der Waals surface area contributed by atoms with Gasteiger partial charge in [-0.3, -0.25) is 19.2 Å². The van der Waals surface area contributed by atoms with Crippen LogP contribution in [0.1, 0.15) is 72.1 Å². The van der Waals surface area contributed by atoms with Gasteiger partial charge in [0.05, 0.1) is 37.2 Å². The number of benzene rings is 2. The van der Waals surface area contributed by atoms with Crippen LogP contribution in [-0.4, -0.2) is 87.1 Å². The Hall–Kier alpha value is -5.46. The molecule has 0 spiro atoms. The summed E-state index contributed by atoms with van der Waals surface area (Å²) in [6.07, 6.45) is 4.90. The third-order valence-electron chi connectivity index (χ3n) is 11.6. The highest BCUT2D eigenvalue weighted by Gasteiger charge is 2.61. The van der Waals surface area contributed by atoms with E-state index in [-0.39, 0.29) is 31.7 Å². The molecule has 56 heavy (non-hydrogen) atoms. The number of aliphatic carboxylic acids is 2. The van der Waals surface area contributed by atoms with Crippen molar-refractivity contribution in [1.29, 1.82) is 0 Å². The number of amides is 3. The largest absolute Gasteiger partial charge is 0.497 e. The number of ether oxygens (including phenoxy) is 2. The molecule has 2 heterocycles. The summed E-state index contributed by atoms with van der Waals surface area (Å²) in [5.41, 5.74) is -0.304. The number of hydrogen-bond donors (Lipinski definition) is 4. The number of nitrogens with one attached hydrogen (secondary N) is 2. The summed E-state index contributed by atoms with van der Waals surface area (Å²) in [4.78, 5) is 73.6. The van der Waals surface area contributed by atoms with Gasteiger partial charge in [-0.2, -0.15) is 0 Å². The average Bonchev–Trinajstić information content (AvgIpc) is 3.74. The van der Waals surface area contributed by atoms with Crippen molar-refractivity contribution in [1.82, 2.24) is 20.5 Å². The van der Waals surface area contributed by atoms with Gasteiger partial charge in [-0.05, 0) is 42.7 Å². The SMILES string of the molecule is C=C[C@H]1CC1(NC(=O)[C@@H]1C[C@@H](Oc2cc(-c3ccccc3)nc3cc(OC)ccc23)CN1C(=O)[C@@H](NC(=O)[C@@H](CC(=O)O)C1CCCCC1)C(C)(C)C)C(=O)O. The van der Waals surface area contributed by atoms with Crippen LogP contribution in [0.15, 0.2) is 67.3 Å². The Morgan fingerprint density at radius 1 is 1.04 bits per heavy atom. The molecule has 3 aromatic rings. The lowest BCUT2D eigenvalue weighted by Gasteiger charge is -2.37. The molecule has 2 aromatic carbocycles. The van der Waals surface area contributed by atoms with Crippen molar-refractivity contribution in [3.05, 3.63) is 67.3 Å². The number of aromatic nitrogens is 1. The van der Waals surface area contributed by atoms with Gasteiger partial charge in [0.25, 0.3) is 0 Å². The molecule has 1 saturated heterocycles. The molecule has 1 unspecified atom stereocenters. The van der Waals surface area contributed by atoms with E-state index in [0.717, 1.165) is 37.7 Å². The van der Waals surface area contributed by atoms with Gasteiger partial charge < -0.3 is 35.2 Å². The second-order valence-electron chi connectivity index (χ2n) is 16.5. The maximum atomic E-state index is 14.8. The number of nitrogens with zero attached hydrogens (tertiary/aromatic N) is 2. The van der Waals surface area contributed by atoms with Gasteiger partial charge in [-0.25, -0.2) is 9.78 Å². The molecule has 3 aliphatic rings. The number of carboxylic acid groups (broad SMARTS) is 2. The molecule has 1 aliphatic heterocycles. The summed E-state index contributed by atoms with van der Waals surface area (Å²) in [5, 5.41) is 26.2. The van der Waals surface area contributed by atoms with Crippen LogP contribution in [0.5, 0.6) is 11.5 Å². The number of carbonyl (C=O) groups excluding carboxylic acids is 3. The normalized spacial score (nSPS) is 23.4. The van der Waals surface area contributed by atoms with Crippen molar-refractivity contribution in [3.8, 4) is 22.8 Å². The van der Waals surface area contributed by atoms with Crippen LogP contribution < -0.4 is 20.1 Å². The van der Waals surface area contributed by atoms with E-state index in [1.165, 1.54) is 11.0 Å². The van der Waals surface area contributed by atoms with E-state index in [2.05, 4.69) is 17.2 Å². The van der Waals surface area contributed by atoms with Gasteiger partial charge in [0.2, 0.25) is 17.7 Å². The van der Waals surface area contributed by atoms with Crippen LogP contribution in [0.4, 0.5) is 0 Å². The van der Waals surface area contributed by atoms with E-state index >= 15 is 0 Å². The number of pyridine rings is 1. The van der Waals surface area contributed by atoms with E-state index in [1.54, 1.807) is 40.0 Å². The van der Waals surface area contributed by atoms with Crippen LogP contribution in [0.25, 0.3) is 22.2 Å². The Morgan fingerprint density at radius 3 is 2.36 bits per heavy atom. The lowest BCUT2D eigenvalue weighted by atomic mass is 9.77. The molecule has 298 valence electrons. The van der Waals surface area contributed by atoms with Crippen LogP contribution in [0.3, 0.4) is 0 Å². The fraction of sp³-hybridized carbons (Fsp3) is 0.488. The Bertz CT molecular complexity index is 1990. The van der Waals surface area contributed by atoms with Gasteiger partial charge >= 0.3 is 11.9 Å². The van der Waals surface area contributed by atoms with Crippen LogP contribution in [0, 0.1) is 23.2 Å². The van der Waals surface area contributed by atoms with Gasteiger partial charge in [0.15, 0.2) is 0 Å². The first kappa shape index (κ1) is 40.2. The fourth-order valence-electron chi connectivity index (χ4n) is 8.29. The minimum absolute atomic E-state index is 0.0290. The van der Waals surface area contributed by atoms with Crippen molar-refractivity contribution in [2.45, 2.75) is 95.9 Å². The molecule has 1 aromatic heterocycles. The van der Waals surface area contributed by atoms with E-state index in [9.17, 15) is 34.2 Å². The molecular weight excluding hydrogens is 716 g/mol. The molecular formula is C43H52N4O9. The molecule has 0 bridgehead atoms. The quantitative estimate of drug-likeness (QED) is 0.151. The summed E-state index contributed by atoms with van der Waals surface area (Å²) in [7, 11) is 1.57. The minimum Gasteiger partial charge on any atom is -0.497 e. The van der Waals surface area contributed by atoms with Crippen molar-refractivity contribution < 1.29 is 43.7 Å². The van der Waals surface area contributed by atoms with Crippen LogP contribution in [0.2, 0.25) is 0 Å². The highest BCUT2D eigenvalue weighted by atomic mass is 16.5. The number of hydrogen-bond acceptors (Lipinski definition) is 8. The van der Waals surface area contributed by atoms with Crippen LogP contribution in [-0.2, 0) is 24.0 Å². The second-order valence-corrected chi connectivity index (χ2v) is 16.5. The third-order valence-corrected chi connectivity index (χ3v) is 11.6. The number of carboxylic acids is 2. The first-order valence-electron chi connectivity index (χ1n) is 19.4. The number of likely N-dealkylation sites (tertiary alicyclic amines) is 1. The van der Waals surface area contributed by atoms with Crippen molar-refractivity contribution in [3.63, 3.8) is 0 Å². The summed E-state index contributed by atoms with van der Waals surface area (Å²) in [6.45, 7) is 9.06. The van der Waals surface area contributed by atoms with E-state index < -0.39 is 70.6 Å². The summed E-state index contributed by atoms with van der Waals surface area (Å²) < 4.78 is 12.2. The van der Waals surface area contributed by atoms with Crippen molar-refractivity contribution >= 4 is 40.6 Å². The maximum Gasteiger partial charge on any atom is 0.330 e. The first-order valence-corrected chi connectivity index (χ1v) is 19.4. The first-order chi connectivity index (χ1) is 26.6. The third kappa shape index (κ3) is 8.51. The Kier molecular flexibility index (Phi) is 11.7. The van der Waals surface area contributed by atoms with Gasteiger partial charge in [0.1, 0.15) is 35.2 Å². The average molecular weight is 769 g/mol. The van der Waals surface area contributed by atoms with E-state index in [0.29, 0.717) is 28.1 Å².